The zero-order valence-electron chi connectivity index (χ0n) is 10.8. The van der Waals surface area contributed by atoms with Gasteiger partial charge in [-0.3, -0.25) is 0 Å². The Morgan fingerprint density at radius 3 is 2.10 bits per heavy atom. The summed E-state index contributed by atoms with van der Waals surface area (Å²) in [7, 11) is -5.32. The van der Waals surface area contributed by atoms with E-state index in [0.29, 0.717) is 0 Å². The van der Waals surface area contributed by atoms with Gasteiger partial charge >= 0.3 is 17.5 Å². The molecule has 0 aliphatic heterocycles. The highest BCUT2D eigenvalue weighted by atomic mass is 32.3. The predicted octanol–water partition coefficient (Wildman–Crippen LogP) is 2.28. The summed E-state index contributed by atoms with van der Waals surface area (Å²) in [6, 6.07) is 1.23. The molecule has 0 radical (unpaired) electrons. The molecule has 0 atom stereocenters. The molecule has 0 bridgehead atoms. The van der Waals surface area contributed by atoms with E-state index in [9.17, 15) is 25.3 Å². The topological polar surface area (TPSA) is 69.4 Å². The second kappa shape index (κ2) is 5.61. The average molecular weight is 314 g/mol. The minimum atomic E-state index is -5.32. The van der Waals surface area contributed by atoms with E-state index in [1.807, 2.05) is 0 Å². The Morgan fingerprint density at radius 2 is 1.70 bits per heavy atom. The SMILES string of the molecule is Cc1c(CN)cc(C[B-](F)(F)F)c(C)c1OS(=O)(=O)F. The number of hydrogen-bond donors (Lipinski definition) is 1. The molecule has 114 valence electrons. The fourth-order valence-corrected chi connectivity index (χ4v) is 2.35. The van der Waals surface area contributed by atoms with E-state index in [1.165, 1.54) is 19.9 Å². The molecule has 0 saturated heterocycles. The van der Waals surface area contributed by atoms with E-state index < -0.39 is 29.6 Å². The lowest BCUT2D eigenvalue weighted by molar-refractivity contribution is 0.436. The summed E-state index contributed by atoms with van der Waals surface area (Å²) in [6.45, 7) is -2.60. The van der Waals surface area contributed by atoms with Crippen LogP contribution in [0.15, 0.2) is 6.07 Å². The number of nitrogens with two attached hydrogens (primary N) is 1. The largest absolute Gasteiger partial charge is 0.488 e. The van der Waals surface area contributed by atoms with Crippen molar-refractivity contribution in [3.8, 4) is 5.75 Å². The van der Waals surface area contributed by atoms with Gasteiger partial charge in [0.1, 0.15) is 0 Å². The molecule has 0 aliphatic rings. The van der Waals surface area contributed by atoms with Gasteiger partial charge in [-0.1, -0.05) is 21.8 Å². The summed E-state index contributed by atoms with van der Waals surface area (Å²) < 4.78 is 75.5. The first-order valence-electron chi connectivity index (χ1n) is 5.61. The van der Waals surface area contributed by atoms with Gasteiger partial charge in [-0.15, -0.1) is 0 Å². The quantitative estimate of drug-likeness (QED) is 0.514. The molecule has 10 heteroatoms. The molecule has 20 heavy (non-hydrogen) atoms. The molecule has 0 fully saturated rings. The maximum atomic E-state index is 12.6. The third kappa shape index (κ3) is 4.38. The summed E-state index contributed by atoms with van der Waals surface area (Å²) in [5, 5.41) is 0. The number of rotatable bonds is 5. The Labute approximate surface area is 114 Å². The van der Waals surface area contributed by atoms with E-state index in [4.69, 9.17) is 5.73 Å². The fraction of sp³-hybridized carbons (Fsp3) is 0.400. The van der Waals surface area contributed by atoms with Crippen molar-refractivity contribution >= 4 is 17.5 Å². The first-order chi connectivity index (χ1) is 8.94. The Morgan fingerprint density at radius 1 is 1.20 bits per heavy atom. The molecule has 0 unspecified atom stereocenters. The Kier molecular flexibility index (Phi) is 4.70. The molecule has 0 amide bonds. The first kappa shape index (κ1) is 16.8. The highest BCUT2D eigenvalue weighted by Gasteiger charge is 2.27. The van der Waals surface area contributed by atoms with Crippen LogP contribution in [-0.2, 0) is 23.4 Å². The van der Waals surface area contributed by atoms with Crippen LogP contribution in [0.25, 0.3) is 0 Å². The van der Waals surface area contributed by atoms with Crippen LogP contribution in [0.5, 0.6) is 5.75 Å². The lowest BCUT2D eigenvalue weighted by Gasteiger charge is -2.20. The lowest BCUT2D eigenvalue weighted by Crippen LogP contribution is -2.21. The average Bonchev–Trinajstić information content (AvgIpc) is 2.25. The van der Waals surface area contributed by atoms with Crippen molar-refractivity contribution in [1.82, 2.24) is 0 Å². The summed E-state index contributed by atoms with van der Waals surface area (Å²) in [5.41, 5.74) is 5.61. The van der Waals surface area contributed by atoms with Crippen molar-refractivity contribution in [3.05, 3.63) is 28.3 Å². The van der Waals surface area contributed by atoms with Gasteiger partial charge in [0, 0.05) is 6.54 Å². The van der Waals surface area contributed by atoms with Crippen molar-refractivity contribution < 1.29 is 29.4 Å². The molecule has 0 aromatic heterocycles. The smallest absolute Gasteiger partial charge is 0.449 e. The maximum absolute atomic E-state index is 12.6. The van der Waals surface area contributed by atoms with Crippen LogP contribution in [0.1, 0.15) is 22.3 Å². The number of benzene rings is 1. The van der Waals surface area contributed by atoms with Crippen LogP contribution in [0.4, 0.5) is 16.8 Å². The standard InChI is InChI=1S/C10H13BF4NO3S/c1-6-8(4-11(12,13)14)3-9(5-16)7(2)10(6)19-20(15,17)18/h3H,4-5,16H2,1-2H3/q-1. The molecular weight excluding hydrogens is 301 g/mol. The third-order valence-electron chi connectivity index (χ3n) is 2.85. The van der Waals surface area contributed by atoms with Crippen molar-refractivity contribution in [2.75, 3.05) is 0 Å². The Hall–Kier alpha value is -1.29. The van der Waals surface area contributed by atoms with Gasteiger partial charge in [0.05, 0.1) is 0 Å². The molecule has 0 aliphatic carbocycles. The van der Waals surface area contributed by atoms with Gasteiger partial charge in [0.15, 0.2) is 5.75 Å². The van der Waals surface area contributed by atoms with Crippen LogP contribution in [0.3, 0.4) is 0 Å². The molecule has 0 saturated carbocycles. The van der Waals surface area contributed by atoms with E-state index in [0.717, 1.165) is 0 Å². The molecule has 0 spiro atoms. The normalized spacial score (nSPS) is 12.6. The van der Waals surface area contributed by atoms with Crippen LogP contribution in [-0.4, -0.2) is 15.4 Å². The summed E-state index contributed by atoms with van der Waals surface area (Å²) in [5.74, 6) is -0.439. The Bertz CT molecular complexity index is 616. The van der Waals surface area contributed by atoms with Crippen LogP contribution < -0.4 is 9.92 Å². The van der Waals surface area contributed by atoms with Gasteiger partial charge in [-0.25, -0.2) is 0 Å². The predicted molar refractivity (Wildman–Crippen MR) is 67.2 cm³/mol. The number of hydrogen-bond acceptors (Lipinski definition) is 4. The van der Waals surface area contributed by atoms with E-state index in [2.05, 4.69) is 4.18 Å². The zero-order chi connectivity index (χ0) is 15.7. The second-order valence-electron chi connectivity index (χ2n) is 4.37. The number of halogens is 4. The minimum absolute atomic E-state index is 0.0693. The van der Waals surface area contributed by atoms with Gasteiger partial charge in [0.25, 0.3) is 0 Å². The fourth-order valence-electron chi connectivity index (χ4n) is 1.90. The van der Waals surface area contributed by atoms with Gasteiger partial charge in [0.2, 0.25) is 0 Å². The van der Waals surface area contributed by atoms with Gasteiger partial charge < -0.3 is 22.9 Å². The summed E-state index contributed by atoms with van der Waals surface area (Å²) in [6.07, 6.45) is -1.22. The van der Waals surface area contributed by atoms with E-state index >= 15 is 0 Å². The van der Waals surface area contributed by atoms with Crippen LogP contribution in [0, 0.1) is 13.8 Å². The Balaban J connectivity index is 3.45. The second-order valence-corrected chi connectivity index (χ2v) is 5.32. The molecule has 0 heterocycles. The van der Waals surface area contributed by atoms with Gasteiger partial charge in [-0.05, 0) is 30.5 Å². The monoisotopic (exact) mass is 314 g/mol. The van der Waals surface area contributed by atoms with Crippen molar-refractivity contribution in [2.24, 2.45) is 5.73 Å². The molecule has 1 aromatic carbocycles. The molecule has 4 nitrogen and oxygen atoms in total. The minimum Gasteiger partial charge on any atom is -0.449 e. The third-order valence-corrected chi connectivity index (χ3v) is 3.21. The molecule has 2 N–H and O–H groups in total. The molecule has 1 rings (SSSR count). The van der Waals surface area contributed by atoms with Crippen LogP contribution >= 0.6 is 0 Å². The zero-order valence-corrected chi connectivity index (χ0v) is 11.6. The highest BCUT2D eigenvalue weighted by molar-refractivity contribution is 7.81. The van der Waals surface area contributed by atoms with E-state index in [1.54, 1.807) is 0 Å². The highest BCUT2D eigenvalue weighted by Crippen LogP contribution is 2.33. The lowest BCUT2D eigenvalue weighted by atomic mass is 9.79. The van der Waals surface area contributed by atoms with Crippen molar-refractivity contribution in [1.29, 1.82) is 0 Å². The van der Waals surface area contributed by atoms with Gasteiger partial charge in [-0.2, -0.15) is 8.42 Å². The maximum Gasteiger partial charge on any atom is 0.488 e. The van der Waals surface area contributed by atoms with E-state index in [-0.39, 0.29) is 28.8 Å². The van der Waals surface area contributed by atoms with Crippen molar-refractivity contribution in [2.45, 2.75) is 26.7 Å². The summed E-state index contributed by atoms with van der Waals surface area (Å²) >= 11 is 0. The van der Waals surface area contributed by atoms with Crippen LogP contribution in [0.2, 0.25) is 0 Å². The summed E-state index contributed by atoms with van der Waals surface area (Å²) in [4.78, 5) is 0. The first-order valence-corrected chi connectivity index (χ1v) is 6.92. The molecular formula is C10H13BF4NO3S-. The van der Waals surface area contributed by atoms with Crippen molar-refractivity contribution in [3.63, 3.8) is 0 Å². The molecule has 1 aromatic rings.